The lowest BCUT2D eigenvalue weighted by Gasteiger charge is -2.31. The maximum Gasteiger partial charge on any atom is 0.268 e. The van der Waals surface area contributed by atoms with E-state index < -0.39 is 32.7 Å². The Hall–Kier alpha value is -0.800. The second-order valence-electron chi connectivity index (χ2n) is 16.9. The Morgan fingerprint density at radius 2 is 1.06 bits per heavy atom. The molecule has 0 rings (SSSR count). The highest BCUT2D eigenvalue weighted by molar-refractivity contribution is 7.45. The topological polar surface area (TPSA) is 128 Å². The molecule has 4 atom stereocenters. The molecule has 4 unspecified atom stereocenters. The van der Waals surface area contributed by atoms with Crippen molar-refractivity contribution in [3.05, 3.63) is 12.2 Å². The van der Waals surface area contributed by atoms with Crippen molar-refractivity contribution in [1.29, 1.82) is 0 Å². The highest BCUT2D eigenvalue weighted by Gasteiger charge is 2.29. The quantitative estimate of drug-likeness (QED) is 0.0243. The van der Waals surface area contributed by atoms with Crippen molar-refractivity contribution >= 4 is 13.7 Å². The third kappa shape index (κ3) is 36.8. The number of aliphatic hydroxyl groups is 2. The van der Waals surface area contributed by atoms with Gasteiger partial charge in [0.15, 0.2) is 0 Å². The SMILES string of the molecule is CCCCCCCCC/C=C/CCCC(O)C(O)C(COP(=O)([O-])OCC[N+](C)(C)C)NC(=O)CCCCCCCCCCCCCCCCCCCC. The second kappa shape index (κ2) is 36.5. The van der Waals surface area contributed by atoms with Gasteiger partial charge in [0.05, 0.1) is 39.9 Å². The third-order valence-electron chi connectivity index (χ3n) is 10.3. The van der Waals surface area contributed by atoms with Crippen LogP contribution in [-0.4, -0.2) is 79.8 Å². The number of carbonyl (C=O) groups excluding carboxylic acids is 1. The first kappa shape index (κ1) is 53.2. The summed E-state index contributed by atoms with van der Waals surface area (Å²) < 4.78 is 23.1. The van der Waals surface area contributed by atoms with Crippen LogP contribution in [0.3, 0.4) is 0 Å². The van der Waals surface area contributed by atoms with Crippen LogP contribution < -0.4 is 10.2 Å². The highest BCUT2D eigenvalue weighted by atomic mass is 31.2. The molecule has 0 aliphatic heterocycles. The standard InChI is InChI=1S/C44H89N2O7P/c1-6-8-10-12-14-16-18-20-21-22-23-24-25-27-29-31-33-35-37-43(48)45-41(40-53-54(50,51)52-39-38-46(3,4)5)44(49)42(47)36-34-32-30-28-26-19-17-15-13-11-9-7-2/h28,30,41-42,44,47,49H,6-27,29,31-40H2,1-5H3,(H-,45,48,50,51)/b30-28+. The van der Waals surface area contributed by atoms with Crippen molar-refractivity contribution in [2.45, 2.75) is 225 Å². The number of aliphatic hydroxyl groups excluding tert-OH is 2. The van der Waals surface area contributed by atoms with E-state index in [0.29, 0.717) is 23.9 Å². The molecule has 54 heavy (non-hydrogen) atoms. The molecular weight excluding hydrogens is 699 g/mol. The summed E-state index contributed by atoms with van der Waals surface area (Å²) in [5.74, 6) is -0.286. The van der Waals surface area contributed by atoms with Gasteiger partial charge in [0, 0.05) is 6.42 Å². The summed E-state index contributed by atoms with van der Waals surface area (Å²) in [6.07, 6.45) is 36.8. The number of quaternary nitrogens is 1. The summed E-state index contributed by atoms with van der Waals surface area (Å²) >= 11 is 0. The summed E-state index contributed by atoms with van der Waals surface area (Å²) in [6, 6.07) is -1.08. The van der Waals surface area contributed by atoms with E-state index in [9.17, 15) is 24.5 Å². The summed E-state index contributed by atoms with van der Waals surface area (Å²) in [4.78, 5) is 25.3. The van der Waals surface area contributed by atoms with Crippen LogP contribution in [0, 0.1) is 0 Å². The molecule has 1 amide bonds. The van der Waals surface area contributed by atoms with Gasteiger partial charge >= 0.3 is 0 Å². The molecule has 0 aliphatic rings. The number of amides is 1. The van der Waals surface area contributed by atoms with Crippen LogP contribution in [-0.2, 0) is 18.4 Å². The van der Waals surface area contributed by atoms with Crippen LogP contribution in [0.4, 0.5) is 0 Å². The fraction of sp³-hybridized carbons (Fsp3) is 0.932. The van der Waals surface area contributed by atoms with Crippen molar-refractivity contribution in [3.63, 3.8) is 0 Å². The zero-order chi connectivity index (χ0) is 40.2. The summed E-state index contributed by atoms with van der Waals surface area (Å²) in [7, 11) is 1.11. The zero-order valence-corrected chi connectivity index (χ0v) is 36.9. The number of nitrogens with one attached hydrogen (secondary N) is 1. The molecular formula is C44H89N2O7P. The van der Waals surface area contributed by atoms with Crippen LogP contribution >= 0.6 is 7.82 Å². The second-order valence-corrected chi connectivity index (χ2v) is 18.3. The fourth-order valence-corrected chi connectivity index (χ4v) is 7.39. The number of allylic oxidation sites excluding steroid dienone is 2. The molecule has 0 aliphatic carbocycles. The Morgan fingerprint density at radius 1 is 0.648 bits per heavy atom. The fourth-order valence-electron chi connectivity index (χ4n) is 6.67. The van der Waals surface area contributed by atoms with Crippen molar-refractivity contribution < 1.29 is 38.0 Å². The minimum atomic E-state index is -4.67. The van der Waals surface area contributed by atoms with Crippen molar-refractivity contribution in [2.75, 3.05) is 40.9 Å². The molecule has 0 bridgehead atoms. The van der Waals surface area contributed by atoms with Crippen LogP contribution in [0.1, 0.15) is 206 Å². The molecule has 3 N–H and O–H groups in total. The number of likely N-dealkylation sites (N-methyl/N-ethyl adjacent to an activating group) is 1. The van der Waals surface area contributed by atoms with Gasteiger partial charge in [-0.2, -0.15) is 0 Å². The number of hydrogen-bond donors (Lipinski definition) is 3. The summed E-state index contributed by atoms with van der Waals surface area (Å²) in [5, 5.41) is 24.6. The first-order valence-corrected chi connectivity index (χ1v) is 24.1. The first-order chi connectivity index (χ1) is 25.9. The maximum atomic E-state index is 12.9. The summed E-state index contributed by atoms with van der Waals surface area (Å²) in [5.41, 5.74) is 0. The molecule has 0 radical (unpaired) electrons. The monoisotopic (exact) mass is 789 g/mol. The first-order valence-electron chi connectivity index (χ1n) is 22.6. The van der Waals surface area contributed by atoms with Crippen LogP contribution in [0.15, 0.2) is 12.2 Å². The number of nitrogens with zero attached hydrogens (tertiary/aromatic N) is 1. The highest BCUT2D eigenvalue weighted by Crippen LogP contribution is 2.38. The molecule has 0 aromatic heterocycles. The van der Waals surface area contributed by atoms with E-state index in [0.717, 1.165) is 32.1 Å². The van der Waals surface area contributed by atoms with Gasteiger partial charge in [0.25, 0.3) is 7.82 Å². The van der Waals surface area contributed by atoms with Crippen LogP contribution in [0.25, 0.3) is 0 Å². The van der Waals surface area contributed by atoms with E-state index in [1.807, 2.05) is 21.1 Å². The molecule has 0 heterocycles. The molecule has 0 saturated heterocycles. The Bertz CT molecular complexity index is 914. The van der Waals surface area contributed by atoms with Gasteiger partial charge in [-0.25, -0.2) is 0 Å². The van der Waals surface area contributed by atoms with E-state index in [2.05, 4.69) is 31.3 Å². The van der Waals surface area contributed by atoms with Gasteiger partial charge in [-0.15, -0.1) is 0 Å². The van der Waals surface area contributed by atoms with E-state index in [1.54, 1.807) is 0 Å². The van der Waals surface area contributed by atoms with E-state index in [4.69, 9.17) is 9.05 Å². The lowest BCUT2D eigenvalue weighted by Crippen LogP contribution is -2.51. The Balaban J connectivity index is 4.46. The van der Waals surface area contributed by atoms with Gasteiger partial charge in [0.2, 0.25) is 5.91 Å². The Morgan fingerprint density at radius 3 is 1.50 bits per heavy atom. The molecule has 0 fully saturated rings. The number of hydrogen-bond acceptors (Lipinski definition) is 7. The van der Waals surface area contributed by atoms with E-state index in [-0.39, 0.29) is 18.9 Å². The minimum absolute atomic E-state index is 0.0433. The lowest BCUT2D eigenvalue weighted by molar-refractivity contribution is -0.870. The van der Waals surface area contributed by atoms with Gasteiger partial charge in [0.1, 0.15) is 19.3 Å². The molecule has 0 spiro atoms. The molecule has 0 aromatic carbocycles. The molecule has 0 saturated carbocycles. The van der Waals surface area contributed by atoms with E-state index in [1.165, 1.54) is 141 Å². The number of phosphoric ester groups is 1. The lowest BCUT2D eigenvalue weighted by atomic mass is 10.0. The third-order valence-corrected chi connectivity index (χ3v) is 11.3. The number of carbonyl (C=O) groups is 1. The molecule has 0 aromatic rings. The Labute approximate surface area is 334 Å². The average Bonchev–Trinajstić information content (AvgIpc) is 3.12. The summed E-state index contributed by atoms with van der Waals surface area (Å²) in [6.45, 7) is 4.42. The van der Waals surface area contributed by atoms with Gasteiger partial charge in [-0.1, -0.05) is 174 Å². The van der Waals surface area contributed by atoms with Crippen LogP contribution in [0.5, 0.6) is 0 Å². The maximum absolute atomic E-state index is 12.9. The molecule has 10 heteroatoms. The molecule has 322 valence electrons. The predicted octanol–water partition coefficient (Wildman–Crippen LogP) is 10.7. The van der Waals surface area contributed by atoms with Crippen molar-refractivity contribution in [1.82, 2.24) is 5.32 Å². The predicted molar refractivity (Wildman–Crippen MR) is 225 cm³/mol. The smallest absolute Gasteiger partial charge is 0.268 e. The van der Waals surface area contributed by atoms with E-state index >= 15 is 0 Å². The number of unbranched alkanes of at least 4 members (excludes halogenated alkanes) is 25. The van der Waals surface area contributed by atoms with Crippen molar-refractivity contribution in [2.24, 2.45) is 0 Å². The van der Waals surface area contributed by atoms with Gasteiger partial charge in [-0.3, -0.25) is 9.36 Å². The van der Waals surface area contributed by atoms with Gasteiger partial charge in [-0.05, 0) is 38.5 Å². The largest absolute Gasteiger partial charge is 0.756 e. The number of phosphoric acid groups is 1. The normalized spacial score (nSPS) is 15.0. The Kier molecular flexibility index (Phi) is 36.0. The zero-order valence-electron chi connectivity index (χ0n) is 36.1. The van der Waals surface area contributed by atoms with Crippen molar-refractivity contribution in [3.8, 4) is 0 Å². The molecule has 9 nitrogen and oxygen atoms in total. The number of rotatable bonds is 41. The van der Waals surface area contributed by atoms with Crippen LogP contribution in [0.2, 0.25) is 0 Å². The minimum Gasteiger partial charge on any atom is -0.756 e. The average molecular weight is 789 g/mol. The van der Waals surface area contributed by atoms with Gasteiger partial charge < -0.3 is 34.0 Å².